The standard InChI is InChI=1S/C31H34ClF2N5O3S/c1-31(2,3)42-30(40)38-19-7-5-18(6-8-19)17-43-25-12-9-20(15-22(25)32)37-28-29-36-16-23(39(29)14-13-35-28)21-10-11-24(41-4)27(34)26(21)33/h9-16,18-19H,5-8,17H2,1-4H3,(H,35,37)(H,38,40). The number of imidazole rings is 1. The lowest BCUT2D eigenvalue weighted by molar-refractivity contribution is 0.0488. The quantitative estimate of drug-likeness (QED) is 0.190. The van der Waals surface area contributed by atoms with Gasteiger partial charge in [0, 0.05) is 40.3 Å². The van der Waals surface area contributed by atoms with E-state index in [1.54, 1.807) is 28.6 Å². The number of methoxy groups -OCH3 is 1. The summed E-state index contributed by atoms with van der Waals surface area (Å²) < 4.78 is 41.1. The number of ether oxygens (including phenoxy) is 2. The first-order valence-electron chi connectivity index (χ1n) is 14.1. The zero-order valence-corrected chi connectivity index (χ0v) is 26.0. The number of fused-ring (bicyclic) bond motifs is 1. The van der Waals surface area contributed by atoms with Crippen molar-refractivity contribution < 1.29 is 23.0 Å². The number of nitrogens with zero attached hydrogens (tertiary/aromatic N) is 3. The number of benzene rings is 2. The predicted octanol–water partition coefficient (Wildman–Crippen LogP) is 8.26. The summed E-state index contributed by atoms with van der Waals surface area (Å²) in [5.41, 5.74) is 1.09. The molecule has 0 radical (unpaired) electrons. The van der Waals surface area contributed by atoms with Crippen LogP contribution in [0.25, 0.3) is 16.9 Å². The van der Waals surface area contributed by atoms with Gasteiger partial charge in [-0.05, 0) is 82.7 Å². The summed E-state index contributed by atoms with van der Waals surface area (Å²) in [6.45, 7) is 5.58. The molecule has 2 heterocycles. The number of rotatable bonds is 8. The number of hydrogen-bond donors (Lipinski definition) is 2. The van der Waals surface area contributed by atoms with E-state index in [4.69, 9.17) is 21.1 Å². The van der Waals surface area contributed by atoms with Crippen LogP contribution in [-0.2, 0) is 4.74 Å². The molecule has 5 rings (SSSR count). The van der Waals surface area contributed by atoms with Crippen molar-refractivity contribution in [3.05, 3.63) is 65.6 Å². The van der Waals surface area contributed by atoms with Gasteiger partial charge in [-0.1, -0.05) is 11.6 Å². The van der Waals surface area contributed by atoms with Crippen molar-refractivity contribution in [2.24, 2.45) is 5.92 Å². The monoisotopic (exact) mass is 629 g/mol. The zero-order valence-electron chi connectivity index (χ0n) is 24.4. The Kier molecular flexibility index (Phi) is 9.31. The van der Waals surface area contributed by atoms with Gasteiger partial charge >= 0.3 is 6.09 Å². The van der Waals surface area contributed by atoms with E-state index >= 15 is 0 Å². The van der Waals surface area contributed by atoms with Gasteiger partial charge in [-0.15, -0.1) is 11.8 Å². The highest BCUT2D eigenvalue weighted by Crippen LogP contribution is 2.36. The summed E-state index contributed by atoms with van der Waals surface area (Å²) in [4.78, 5) is 21.9. The molecule has 0 spiro atoms. The molecular formula is C31H34ClF2N5O3S. The SMILES string of the molecule is COc1ccc(-c2cnc3c(Nc4ccc(SCC5CCC(NC(=O)OC(C)(C)C)CC5)c(Cl)c4)nccn23)c(F)c1F. The normalized spacial score (nSPS) is 17.1. The Balaban J connectivity index is 1.20. The van der Waals surface area contributed by atoms with Crippen LogP contribution in [0.2, 0.25) is 5.02 Å². The van der Waals surface area contributed by atoms with Crippen molar-refractivity contribution in [3.63, 3.8) is 0 Å². The van der Waals surface area contributed by atoms with Crippen molar-refractivity contribution in [3.8, 4) is 17.0 Å². The van der Waals surface area contributed by atoms with Gasteiger partial charge in [-0.3, -0.25) is 4.40 Å². The number of thioether (sulfide) groups is 1. The molecule has 4 aromatic rings. The van der Waals surface area contributed by atoms with E-state index in [0.717, 1.165) is 42.0 Å². The summed E-state index contributed by atoms with van der Waals surface area (Å²) in [5, 5.41) is 6.85. The van der Waals surface area contributed by atoms with Gasteiger partial charge in [-0.25, -0.2) is 19.2 Å². The second kappa shape index (κ2) is 13.0. The molecule has 2 aromatic carbocycles. The Hall–Kier alpha value is -3.57. The molecule has 1 fully saturated rings. The van der Waals surface area contributed by atoms with E-state index in [-0.39, 0.29) is 23.4 Å². The fraction of sp³-hybridized carbons (Fsp3) is 0.387. The molecule has 0 bridgehead atoms. The third-order valence-electron chi connectivity index (χ3n) is 7.21. The molecule has 12 heteroatoms. The van der Waals surface area contributed by atoms with E-state index < -0.39 is 17.2 Å². The first kappa shape index (κ1) is 30.9. The summed E-state index contributed by atoms with van der Waals surface area (Å²) >= 11 is 8.38. The van der Waals surface area contributed by atoms with Gasteiger partial charge in [0.25, 0.3) is 0 Å². The fourth-order valence-electron chi connectivity index (χ4n) is 5.08. The predicted molar refractivity (Wildman–Crippen MR) is 165 cm³/mol. The molecule has 43 heavy (non-hydrogen) atoms. The van der Waals surface area contributed by atoms with Crippen LogP contribution in [0.5, 0.6) is 5.75 Å². The zero-order chi connectivity index (χ0) is 30.7. The van der Waals surface area contributed by atoms with E-state index in [1.165, 1.54) is 25.4 Å². The highest BCUT2D eigenvalue weighted by Gasteiger charge is 2.25. The maximum atomic E-state index is 14.8. The molecule has 0 atom stereocenters. The maximum absolute atomic E-state index is 14.8. The van der Waals surface area contributed by atoms with Crippen molar-refractivity contribution >= 4 is 46.6 Å². The highest BCUT2D eigenvalue weighted by molar-refractivity contribution is 7.99. The van der Waals surface area contributed by atoms with Crippen LogP contribution in [-0.4, -0.2) is 45.0 Å². The average Bonchev–Trinajstić information content (AvgIpc) is 3.39. The van der Waals surface area contributed by atoms with E-state index in [0.29, 0.717) is 28.1 Å². The molecule has 2 aromatic heterocycles. The third-order valence-corrected chi connectivity index (χ3v) is 8.94. The molecule has 0 unspecified atom stereocenters. The van der Waals surface area contributed by atoms with Crippen molar-refractivity contribution in [2.75, 3.05) is 18.2 Å². The smallest absolute Gasteiger partial charge is 0.407 e. The first-order valence-corrected chi connectivity index (χ1v) is 15.4. The number of nitrogens with one attached hydrogen (secondary N) is 2. The number of aromatic nitrogens is 3. The number of anilines is 2. The Bertz CT molecular complexity index is 1620. The van der Waals surface area contributed by atoms with Gasteiger partial charge in [0.15, 0.2) is 23.0 Å². The van der Waals surface area contributed by atoms with Crippen molar-refractivity contribution in [1.29, 1.82) is 0 Å². The summed E-state index contributed by atoms with van der Waals surface area (Å²) in [6.07, 6.45) is 8.22. The van der Waals surface area contributed by atoms with Gasteiger partial charge in [0.05, 0.1) is 24.0 Å². The Morgan fingerprint density at radius 1 is 1.12 bits per heavy atom. The lowest BCUT2D eigenvalue weighted by Gasteiger charge is -2.30. The molecule has 1 aliphatic rings. The van der Waals surface area contributed by atoms with Crippen LogP contribution >= 0.6 is 23.4 Å². The van der Waals surface area contributed by atoms with E-state index in [1.807, 2.05) is 39.0 Å². The summed E-state index contributed by atoms with van der Waals surface area (Å²) in [7, 11) is 1.29. The van der Waals surface area contributed by atoms with E-state index in [2.05, 4.69) is 20.6 Å². The topological polar surface area (TPSA) is 89.8 Å². The molecule has 0 saturated heterocycles. The molecule has 228 valence electrons. The Morgan fingerprint density at radius 2 is 1.88 bits per heavy atom. The van der Waals surface area contributed by atoms with Crippen molar-refractivity contribution in [2.45, 2.75) is 63.0 Å². The van der Waals surface area contributed by atoms with Gasteiger partial charge in [-0.2, -0.15) is 4.39 Å². The highest BCUT2D eigenvalue weighted by atomic mass is 35.5. The van der Waals surface area contributed by atoms with Gasteiger partial charge < -0.3 is 20.1 Å². The number of hydrogen-bond acceptors (Lipinski definition) is 7. The first-order chi connectivity index (χ1) is 20.5. The average molecular weight is 630 g/mol. The van der Waals surface area contributed by atoms with E-state index in [9.17, 15) is 13.6 Å². The largest absolute Gasteiger partial charge is 0.494 e. The second-order valence-corrected chi connectivity index (χ2v) is 13.0. The second-order valence-electron chi connectivity index (χ2n) is 11.5. The summed E-state index contributed by atoms with van der Waals surface area (Å²) in [5.74, 6) is -0.327. The number of carbonyl (C=O) groups is 1. The van der Waals surface area contributed by atoms with Crippen LogP contribution in [0.1, 0.15) is 46.5 Å². The van der Waals surface area contributed by atoms with Crippen LogP contribution in [0, 0.1) is 17.6 Å². The molecule has 1 saturated carbocycles. The molecule has 0 aliphatic heterocycles. The maximum Gasteiger partial charge on any atom is 0.407 e. The lowest BCUT2D eigenvalue weighted by atomic mass is 9.87. The molecule has 2 N–H and O–H groups in total. The number of carbonyl (C=O) groups excluding carboxylic acids is 1. The summed E-state index contributed by atoms with van der Waals surface area (Å²) in [6, 6.07) is 8.70. The third kappa shape index (κ3) is 7.33. The minimum absolute atomic E-state index is 0.0557. The number of halogens is 3. The van der Waals surface area contributed by atoms with Crippen molar-refractivity contribution in [1.82, 2.24) is 19.7 Å². The minimum Gasteiger partial charge on any atom is -0.494 e. The van der Waals surface area contributed by atoms with Crippen LogP contribution in [0.15, 0.2) is 53.8 Å². The lowest BCUT2D eigenvalue weighted by Crippen LogP contribution is -2.41. The van der Waals surface area contributed by atoms with Crippen LogP contribution in [0.3, 0.4) is 0 Å². The molecule has 8 nitrogen and oxygen atoms in total. The van der Waals surface area contributed by atoms with Gasteiger partial charge in [0.1, 0.15) is 5.60 Å². The fourth-order valence-corrected chi connectivity index (χ4v) is 6.54. The molecule has 1 amide bonds. The number of alkyl carbamates (subject to hydrolysis) is 1. The Morgan fingerprint density at radius 3 is 2.58 bits per heavy atom. The van der Waals surface area contributed by atoms with Crippen LogP contribution < -0.4 is 15.4 Å². The molecular weight excluding hydrogens is 596 g/mol. The van der Waals surface area contributed by atoms with Crippen LogP contribution in [0.4, 0.5) is 25.1 Å². The Labute approximate surface area is 258 Å². The minimum atomic E-state index is -1.06. The molecule has 1 aliphatic carbocycles. The van der Waals surface area contributed by atoms with Gasteiger partial charge in [0.2, 0.25) is 5.82 Å². The number of amides is 1.